The van der Waals surface area contributed by atoms with Crippen LogP contribution in [0, 0.1) is 0 Å². The normalized spacial score (nSPS) is 11.6. The minimum atomic E-state index is -3.64. The Bertz CT molecular complexity index is 1360. The molecule has 0 saturated carbocycles. The van der Waals surface area contributed by atoms with Crippen molar-refractivity contribution in [1.29, 1.82) is 0 Å². The molecular weight excluding hydrogens is 525 g/mol. The average Bonchev–Trinajstić information content (AvgIpc) is 2.85. The molecule has 36 heavy (non-hydrogen) atoms. The number of pyridine rings is 1. The van der Waals surface area contributed by atoms with E-state index in [-0.39, 0.29) is 38.8 Å². The van der Waals surface area contributed by atoms with Gasteiger partial charge in [-0.1, -0.05) is 43.1 Å². The maximum Gasteiger partial charge on any atom is 0.260 e. The van der Waals surface area contributed by atoms with Crippen molar-refractivity contribution in [3.63, 3.8) is 0 Å². The highest BCUT2D eigenvalue weighted by Gasteiger charge is 2.20. The van der Waals surface area contributed by atoms with E-state index in [1.54, 1.807) is 25.3 Å². The SMILES string of the molecule is COc1ccc(Oc2c(Cl)ccc(C(=O)NCc3ccc(S(=O)(=O)N(C)C)nc3)c2Cl)cc1C(C)C. The number of hydrogen-bond donors (Lipinski definition) is 1. The second kappa shape index (κ2) is 11.5. The number of aromatic nitrogens is 1. The molecular formula is C25H27Cl2N3O5S. The number of amides is 1. The molecule has 0 fully saturated rings. The van der Waals surface area contributed by atoms with Crippen LogP contribution in [0.3, 0.4) is 0 Å². The van der Waals surface area contributed by atoms with Crippen molar-refractivity contribution in [2.75, 3.05) is 21.2 Å². The number of rotatable bonds is 9. The Hall–Kier alpha value is -2.85. The molecule has 2 aromatic carbocycles. The summed E-state index contributed by atoms with van der Waals surface area (Å²) in [5.74, 6) is 1.14. The van der Waals surface area contributed by atoms with Crippen LogP contribution in [0.1, 0.15) is 41.3 Å². The smallest absolute Gasteiger partial charge is 0.260 e. The Kier molecular flexibility index (Phi) is 8.84. The predicted molar refractivity (Wildman–Crippen MR) is 140 cm³/mol. The summed E-state index contributed by atoms with van der Waals surface area (Å²) >= 11 is 12.9. The van der Waals surface area contributed by atoms with E-state index in [9.17, 15) is 13.2 Å². The zero-order valence-corrected chi connectivity index (χ0v) is 22.8. The van der Waals surface area contributed by atoms with Gasteiger partial charge in [-0.25, -0.2) is 17.7 Å². The second-order valence-electron chi connectivity index (χ2n) is 8.37. The van der Waals surface area contributed by atoms with Gasteiger partial charge >= 0.3 is 0 Å². The Morgan fingerprint density at radius 2 is 1.83 bits per heavy atom. The Morgan fingerprint density at radius 1 is 1.11 bits per heavy atom. The van der Waals surface area contributed by atoms with Crippen LogP contribution in [-0.2, 0) is 16.6 Å². The van der Waals surface area contributed by atoms with E-state index in [2.05, 4.69) is 10.3 Å². The fourth-order valence-corrected chi connectivity index (χ4v) is 4.61. The summed E-state index contributed by atoms with van der Waals surface area (Å²) in [5.41, 5.74) is 1.74. The summed E-state index contributed by atoms with van der Waals surface area (Å²) < 4.78 is 36.8. The minimum absolute atomic E-state index is 0.0625. The molecule has 0 aliphatic heterocycles. The third-order valence-electron chi connectivity index (χ3n) is 5.33. The van der Waals surface area contributed by atoms with Crippen LogP contribution in [0.15, 0.2) is 53.7 Å². The molecule has 1 N–H and O–H groups in total. The van der Waals surface area contributed by atoms with Crippen molar-refractivity contribution in [3.05, 3.63) is 75.4 Å². The van der Waals surface area contributed by atoms with Crippen LogP contribution in [0.4, 0.5) is 0 Å². The lowest BCUT2D eigenvalue weighted by molar-refractivity contribution is 0.0950. The van der Waals surface area contributed by atoms with Gasteiger partial charge in [-0.2, -0.15) is 0 Å². The quantitative estimate of drug-likeness (QED) is 0.377. The first-order valence-corrected chi connectivity index (χ1v) is 13.1. The molecule has 0 bridgehead atoms. The highest BCUT2D eigenvalue weighted by molar-refractivity contribution is 7.89. The highest BCUT2D eigenvalue weighted by Crippen LogP contribution is 2.40. The number of carbonyl (C=O) groups is 1. The lowest BCUT2D eigenvalue weighted by Crippen LogP contribution is -2.24. The van der Waals surface area contributed by atoms with E-state index in [0.717, 1.165) is 15.6 Å². The van der Waals surface area contributed by atoms with Gasteiger partial charge < -0.3 is 14.8 Å². The topological polar surface area (TPSA) is 97.8 Å². The van der Waals surface area contributed by atoms with Crippen LogP contribution >= 0.6 is 23.2 Å². The molecule has 0 aliphatic carbocycles. The number of benzene rings is 2. The van der Waals surface area contributed by atoms with Crippen LogP contribution in [0.2, 0.25) is 10.0 Å². The summed E-state index contributed by atoms with van der Waals surface area (Å²) in [6, 6.07) is 11.4. The molecule has 1 aromatic heterocycles. The molecule has 0 radical (unpaired) electrons. The number of carbonyl (C=O) groups excluding carboxylic acids is 1. The summed E-state index contributed by atoms with van der Waals surface area (Å²) in [6.45, 7) is 4.19. The van der Waals surface area contributed by atoms with Gasteiger partial charge in [0, 0.05) is 32.4 Å². The fraction of sp³-hybridized carbons (Fsp3) is 0.280. The first-order chi connectivity index (χ1) is 16.9. The number of sulfonamides is 1. The van der Waals surface area contributed by atoms with Crippen molar-refractivity contribution < 1.29 is 22.7 Å². The number of hydrogen-bond acceptors (Lipinski definition) is 6. The van der Waals surface area contributed by atoms with Crippen LogP contribution in [-0.4, -0.2) is 44.8 Å². The van der Waals surface area contributed by atoms with Crippen LogP contribution in [0.25, 0.3) is 0 Å². The first-order valence-electron chi connectivity index (χ1n) is 10.9. The highest BCUT2D eigenvalue weighted by atomic mass is 35.5. The van der Waals surface area contributed by atoms with E-state index in [1.807, 2.05) is 19.9 Å². The number of halogens is 2. The van der Waals surface area contributed by atoms with Crippen LogP contribution in [0.5, 0.6) is 17.2 Å². The van der Waals surface area contributed by atoms with Gasteiger partial charge in [0.15, 0.2) is 10.8 Å². The maximum absolute atomic E-state index is 12.9. The zero-order chi connectivity index (χ0) is 26.6. The monoisotopic (exact) mass is 551 g/mol. The third-order valence-corrected chi connectivity index (χ3v) is 7.74. The van der Waals surface area contributed by atoms with Crippen molar-refractivity contribution in [2.24, 2.45) is 0 Å². The summed E-state index contributed by atoms with van der Waals surface area (Å²) in [4.78, 5) is 16.9. The molecule has 8 nitrogen and oxygen atoms in total. The molecule has 0 unspecified atom stereocenters. The summed E-state index contributed by atoms with van der Waals surface area (Å²) in [6.07, 6.45) is 1.39. The first kappa shape index (κ1) is 27.7. The Labute approximate surface area is 221 Å². The summed E-state index contributed by atoms with van der Waals surface area (Å²) in [7, 11) is 0.824. The Balaban J connectivity index is 1.78. The number of nitrogens with zero attached hydrogens (tertiary/aromatic N) is 2. The van der Waals surface area contributed by atoms with Crippen molar-refractivity contribution in [1.82, 2.24) is 14.6 Å². The lowest BCUT2D eigenvalue weighted by Gasteiger charge is -2.16. The molecule has 3 aromatic rings. The lowest BCUT2D eigenvalue weighted by atomic mass is 10.0. The molecule has 3 rings (SSSR count). The average molecular weight is 552 g/mol. The van der Waals surface area contributed by atoms with Crippen LogP contribution < -0.4 is 14.8 Å². The molecule has 192 valence electrons. The molecule has 11 heteroatoms. The van der Waals surface area contributed by atoms with Gasteiger partial charge in [0.1, 0.15) is 11.5 Å². The van der Waals surface area contributed by atoms with Gasteiger partial charge in [0.05, 0.1) is 22.7 Å². The summed E-state index contributed by atoms with van der Waals surface area (Å²) in [5, 5.41) is 2.98. The number of ether oxygens (including phenoxy) is 2. The zero-order valence-electron chi connectivity index (χ0n) is 20.5. The molecule has 0 saturated heterocycles. The second-order valence-corrected chi connectivity index (χ2v) is 11.3. The largest absolute Gasteiger partial charge is 0.496 e. The van der Waals surface area contributed by atoms with Gasteiger partial charge in [-0.05, 0) is 47.9 Å². The van der Waals surface area contributed by atoms with Crippen molar-refractivity contribution in [2.45, 2.75) is 31.3 Å². The van der Waals surface area contributed by atoms with Gasteiger partial charge in [0.25, 0.3) is 15.9 Å². The van der Waals surface area contributed by atoms with E-state index in [1.165, 1.54) is 38.5 Å². The standard InChI is InChI=1S/C25H27Cl2N3O5S/c1-15(2)19-12-17(7-10-21(19)34-5)35-24-20(26)9-8-18(23(24)27)25(31)29-14-16-6-11-22(28-13-16)36(32,33)30(3)4/h6-13,15H,14H2,1-5H3,(H,29,31). The van der Waals surface area contributed by atoms with E-state index in [0.29, 0.717) is 11.3 Å². The minimum Gasteiger partial charge on any atom is -0.496 e. The maximum atomic E-state index is 12.9. The molecule has 0 aliphatic rings. The molecule has 1 amide bonds. The molecule has 0 spiro atoms. The number of methoxy groups -OCH3 is 1. The van der Waals surface area contributed by atoms with E-state index in [4.69, 9.17) is 32.7 Å². The molecule has 0 atom stereocenters. The molecule has 1 heterocycles. The van der Waals surface area contributed by atoms with E-state index < -0.39 is 15.9 Å². The fourth-order valence-electron chi connectivity index (χ4n) is 3.28. The predicted octanol–water partition coefficient (Wildman–Crippen LogP) is 5.49. The van der Waals surface area contributed by atoms with Gasteiger partial charge in [0.2, 0.25) is 0 Å². The third kappa shape index (κ3) is 6.10. The number of nitrogens with one attached hydrogen (secondary N) is 1. The van der Waals surface area contributed by atoms with E-state index >= 15 is 0 Å². The Morgan fingerprint density at radius 3 is 2.42 bits per heavy atom. The van der Waals surface area contributed by atoms with Crippen molar-refractivity contribution in [3.8, 4) is 17.2 Å². The van der Waals surface area contributed by atoms with Gasteiger partial charge in [-0.3, -0.25) is 4.79 Å². The van der Waals surface area contributed by atoms with Crippen molar-refractivity contribution >= 4 is 39.1 Å². The van der Waals surface area contributed by atoms with Gasteiger partial charge in [-0.15, -0.1) is 0 Å².